The fourth-order valence-corrected chi connectivity index (χ4v) is 10.7. The van der Waals surface area contributed by atoms with Crippen LogP contribution in [0.1, 0.15) is 79.8 Å². The zero-order chi connectivity index (χ0) is 32.8. The van der Waals surface area contributed by atoms with E-state index in [9.17, 15) is 18.3 Å². The Bertz CT molecular complexity index is 1620. The molecule has 1 unspecified atom stereocenters. The van der Waals surface area contributed by atoms with E-state index in [1.54, 1.807) is 12.1 Å². The molecule has 47 heavy (non-hydrogen) atoms. The van der Waals surface area contributed by atoms with Gasteiger partial charge in [-0.2, -0.15) is 0 Å². The molecule has 1 amide bonds. The molecule has 0 aromatic heterocycles. The summed E-state index contributed by atoms with van der Waals surface area (Å²) >= 11 is 6.42. The maximum absolute atomic E-state index is 14.0. The van der Waals surface area contributed by atoms with Crippen molar-refractivity contribution in [3.8, 4) is 5.75 Å². The molecule has 1 saturated carbocycles. The first-order valence-electron chi connectivity index (χ1n) is 17.4. The number of amides is 1. The normalized spacial score (nSPS) is 33.4. The van der Waals surface area contributed by atoms with Gasteiger partial charge in [-0.05, 0) is 123 Å². The molecular formula is C37H47ClN2O6S. The second-order valence-electron chi connectivity index (χ2n) is 14.7. The zero-order valence-corrected chi connectivity index (χ0v) is 28.8. The Balaban J connectivity index is 1.26. The molecule has 8 nitrogen and oxygen atoms in total. The second kappa shape index (κ2) is 13.4. The van der Waals surface area contributed by atoms with Crippen molar-refractivity contribution in [2.75, 3.05) is 37.8 Å². The lowest BCUT2D eigenvalue weighted by Crippen LogP contribution is -2.49. The minimum atomic E-state index is -4.01. The second-order valence-corrected chi connectivity index (χ2v) is 17.1. The number of hydrogen-bond donors (Lipinski definition) is 2. The van der Waals surface area contributed by atoms with Gasteiger partial charge in [0.05, 0.1) is 23.6 Å². The summed E-state index contributed by atoms with van der Waals surface area (Å²) in [5, 5.41) is 11.3. The predicted molar refractivity (Wildman–Crippen MR) is 184 cm³/mol. The van der Waals surface area contributed by atoms with Crippen molar-refractivity contribution in [3.05, 3.63) is 70.3 Å². The number of fused-ring (bicyclic) bond motifs is 4. The minimum Gasteiger partial charge on any atom is -0.490 e. The standard InChI is InChI=1S/C37H47ClN2O6S/c1-24-4-2-6-33(41)30-10-7-28(30)21-40-22-37(15-3-5-26-19-29(38)9-11-31(26)37)23-46-34-12-8-27(20-32(34)40)36(42)39-47(43,44)35(24)18-25-13-16-45-17-14-25/h2,6,8-9,11-12,19-20,24-25,28,30,33,35,41H,3-5,7,10,13-18,21-23H2,1H3,(H,39,42)/b6-2+/t24?,28-,30+,33-,35-,37-/m0/s1. The Labute approximate surface area is 283 Å². The molecule has 3 aliphatic heterocycles. The molecule has 1 spiro atoms. The summed E-state index contributed by atoms with van der Waals surface area (Å²) in [6.45, 7) is 5.09. The molecule has 2 bridgehead atoms. The maximum atomic E-state index is 14.0. The number of halogens is 1. The van der Waals surface area contributed by atoms with Crippen molar-refractivity contribution in [1.82, 2.24) is 4.72 Å². The molecule has 0 radical (unpaired) electrons. The van der Waals surface area contributed by atoms with Gasteiger partial charge in [0.15, 0.2) is 0 Å². The number of carbonyl (C=O) groups is 1. The summed E-state index contributed by atoms with van der Waals surface area (Å²) in [7, 11) is -4.01. The van der Waals surface area contributed by atoms with Crippen LogP contribution in [0.25, 0.3) is 0 Å². The summed E-state index contributed by atoms with van der Waals surface area (Å²) in [6.07, 6.45) is 10.7. The summed E-state index contributed by atoms with van der Waals surface area (Å²) in [6, 6.07) is 11.5. The number of aryl methyl sites for hydroxylation is 1. The lowest BCUT2D eigenvalue weighted by Gasteiger charge is -2.45. The number of ether oxygens (including phenoxy) is 2. The minimum absolute atomic E-state index is 0.115. The fourth-order valence-electron chi connectivity index (χ4n) is 8.78. The number of aliphatic hydroxyl groups is 1. The Hall–Kier alpha value is -2.59. The Kier molecular flexibility index (Phi) is 9.37. The quantitative estimate of drug-likeness (QED) is 0.372. The summed E-state index contributed by atoms with van der Waals surface area (Å²) < 4.78 is 42.5. The number of nitrogens with zero attached hydrogens (tertiary/aromatic N) is 1. The van der Waals surface area contributed by atoms with Gasteiger partial charge in [-0.3, -0.25) is 4.79 Å². The van der Waals surface area contributed by atoms with Crippen LogP contribution >= 0.6 is 11.6 Å². The van der Waals surface area contributed by atoms with Crippen molar-refractivity contribution >= 4 is 33.2 Å². The topological polar surface area (TPSA) is 105 Å². The highest BCUT2D eigenvalue weighted by atomic mass is 35.5. The van der Waals surface area contributed by atoms with Crippen LogP contribution in [0, 0.1) is 23.7 Å². The van der Waals surface area contributed by atoms with Crippen LogP contribution in [-0.4, -0.2) is 63.7 Å². The number of benzene rings is 2. The van der Waals surface area contributed by atoms with E-state index >= 15 is 0 Å². The summed E-state index contributed by atoms with van der Waals surface area (Å²) in [5.41, 5.74) is 3.33. The molecule has 10 heteroatoms. The third kappa shape index (κ3) is 6.70. The number of aliphatic hydroxyl groups excluding tert-OH is 1. The van der Waals surface area contributed by atoms with Crippen LogP contribution in [0.3, 0.4) is 0 Å². The largest absolute Gasteiger partial charge is 0.490 e. The molecule has 2 N–H and O–H groups in total. The highest BCUT2D eigenvalue weighted by Gasteiger charge is 2.44. The van der Waals surface area contributed by atoms with Crippen LogP contribution in [0.2, 0.25) is 5.02 Å². The van der Waals surface area contributed by atoms with E-state index in [4.69, 9.17) is 21.1 Å². The number of nitrogens with one attached hydrogen (secondary N) is 1. The first-order valence-corrected chi connectivity index (χ1v) is 19.3. The van der Waals surface area contributed by atoms with Gasteiger partial charge in [0.25, 0.3) is 5.91 Å². The van der Waals surface area contributed by atoms with E-state index in [1.807, 2.05) is 31.2 Å². The highest BCUT2D eigenvalue weighted by molar-refractivity contribution is 7.90. The lowest BCUT2D eigenvalue weighted by atomic mass is 9.68. The van der Waals surface area contributed by atoms with Crippen LogP contribution < -0.4 is 14.4 Å². The van der Waals surface area contributed by atoms with Crippen molar-refractivity contribution in [2.45, 2.75) is 81.5 Å². The van der Waals surface area contributed by atoms with Crippen LogP contribution in [-0.2, 0) is 26.6 Å². The van der Waals surface area contributed by atoms with Crippen LogP contribution in [0.5, 0.6) is 5.75 Å². The molecule has 6 atom stereocenters. The number of allylic oxidation sites excluding steroid dienone is 1. The molecule has 254 valence electrons. The van der Waals surface area contributed by atoms with Crippen molar-refractivity contribution in [3.63, 3.8) is 0 Å². The summed E-state index contributed by atoms with van der Waals surface area (Å²) in [4.78, 5) is 16.1. The first kappa shape index (κ1) is 32.9. The molecule has 3 heterocycles. The van der Waals surface area contributed by atoms with Crippen LogP contribution in [0.15, 0.2) is 48.6 Å². The number of hydrogen-bond acceptors (Lipinski definition) is 7. The van der Waals surface area contributed by atoms with Crippen molar-refractivity contribution in [2.24, 2.45) is 23.7 Å². The average molecular weight is 683 g/mol. The van der Waals surface area contributed by atoms with Gasteiger partial charge in [-0.15, -0.1) is 0 Å². The number of anilines is 1. The SMILES string of the molecule is CC1C/C=C/[C@H](O)[C@@H]2CC[C@H]2CN2C[C@@]3(CCCc4cc(Cl)ccc43)COc3ccc(cc32)C(=O)NS(=O)(=O)[C@H]1CC1CCOCC1. The molecular weight excluding hydrogens is 636 g/mol. The third-order valence-corrected chi connectivity index (χ3v) is 13.8. The summed E-state index contributed by atoms with van der Waals surface area (Å²) in [5.74, 6) is 0.431. The Morgan fingerprint density at radius 3 is 2.72 bits per heavy atom. The maximum Gasteiger partial charge on any atom is 0.264 e. The molecule has 2 aliphatic carbocycles. The molecule has 2 aromatic carbocycles. The van der Waals surface area contributed by atoms with E-state index in [-0.39, 0.29) is 29.1 Å². The van der Waals surface area contributed by atoms with Crippen molar-refractivity contribution in [1.29, 1.82) is 0 Å². The van der Waals surface area contributed by atoms with Gasteiger partial charge < -0.3 is 19.5 Å². The Morgan fingerprint density at radius 1 is 1.11 bits per heavy atom. The number of rotatable bonds is 2. The molecule has 7 rings (SSSR count). The van der Waals surface area contributed by atoms with E-state index < -0.39 is 27.3 Å². The molecule has 1 saturated heterocycles. The van der Waals surface area contributed by atoms with E-state index in [2.05, 4.69) is 21.8 Å². The molecule has 5 aliphatic rings. The predicted octanol–water partition coefficient (Wildman–Crippen LogP) is 6.04. The fraction of sp³-hybridized carbons (Fsp3) is 0.595. The van der Waals surface area contributed by atoms with Gasteiger partial charge in [-0.1, -0.05) is 36.7 Å². The average Bonchev–Trinajstić information content (AvgIpc) is 3.18. The van der Waals surface area contributed by atoms with Gasteiger partial charge >= 0.3 is 0 Å². The third-order valence-electron chi connectivity index (χ3n) is 11.7. The number of sulfonamides is 1. The van der Waals surface area contributed by atoms with Gasteiger partial charge in [0, 0.05) is 42.3 Å². The van der Waals surface area contributed by atoms with Crippen LogP contribution in [0.4, 0.5) is 5.69 Å². The van der Waals surface area contributed by atoms with E-state index in [1.165, 1.54) is 11.1 Å². The first-order chi connectivity index (χ1) is 22.6. The Morgan fingerprint density at radius 2 is 1.94 bits per heavy atom. The zero-order valence-electron chi connectivity index (χ0n) is 27.2. The lowest BCUT2D eigenvalue weighted by molar-refractivity contribution is 0.0455. The van der Waals surface area contributed by atoms with Gasteiger partial charge in [-0.25, -0.2) is 13.1 Å². The van der Waals surface area contributed by atoms with Crippen molar-refractivity contribution < 1.29 is 27.8 Å². The smallest absolute Gasteiger partial charge is 0.264 e. The molecule has 2 aromatic rings. The van der Waals surface area contributed by atoms with E-state index in [0.29, 0.717) is 57.1 Å². The number of carbonyl (C=O) groups excluding carboxylic acids is 1. The molecule has 2 fully saturated rings. The van der Waals surface area contributed by atoms with Gasteiger partial charge in [0.1, 0.15) is 5.75 Å². The monoisotopic (exact) mass is 682 g/mol. The van der Waals surface area contributed by atoms with E-state index in [0.717, 1.165) is 55.7 Å². The van der Waals surface area contributed by atoms with Gasteiger partial charge in [0.2, 0.25) is 10.0 Å². The highest BCUT2D eigenvalue weighted by Crippen LogP contribution is 2.47.